The summed E-state index contributed by atoms with van der Waals surface area (Å²) >= 11 is 5.92. The van der Waals surface area contributed by atoms with E-state index in [1.165, 1.54) is 5.56 Å². The van der Waals surface area contributed by atoms with Crippen LogP contribution in [0.5, 0.6) is 0 Å². The smallest absolute Gasteiger partial charge is 0.320 e. The Morgan fingerprint density at radius 1 is 1.25 bits per heavy atom. The van der Waals surface area contributed by atoms with E-state index in [9.17, 15) is 4.79 Å². The monoisotopic (exact) mass is 347 g/mol. The molecule has 0 unspecified atom stereocenters. The fourth-order valence-corrected chi connectivity index (χ4v) is 3.03. The van der Waals surface area contributed by atoms with E-state index < -0.39 is 0 Å². The molecule has 24 heavy (non-hydrogen) atoms. The summed E-state index contributed by atoms with van der Waals surface area (Å²) in [6.45, 7) is 2.86. The third kappa shape index (κ3) is 4.72. The molecule has 0 bridgehead atoms. The quantitative estimate of drug-likeness (QED) is 0.894. The molecule has 1 saturated heterocycles. The molecule has 2 N–H and O–H groups in total. The zero-order chi connectivity index (χ0) is 16.9. The van der Waals surface area contributed by atoms with Gasteiger partial charge in [0.2, 0.25) is 0 Å². The molecule has 0 aliphatic carbocycles. The summed E-state index contributed by atoms with van der Waals surface area (Å²) in [5.74, 6) is 0.565. The summed E-state index contributed by atoms with van der Waals surface area (Å²) in [6.07, 6.45) is 3.69. The Bertz CT molecular complexity index is 677. The maximum Gasteiger partial charge on any atom is 0.320 e. The van der Waals surface area contributed by atoms with Crippen molar-refractivity contribution in [2.45, 2.75) is 25.4 Å². The molecule has 0 radical (unpaired) electrons. The van der Waals surface area contributed by atoms with Crippen LogP contribution in [0.25, 0.3) is 0 Å². The van der Waals surface area contributed by atoms with Crippen molar-refractivity contribution in [3.8, 4) is 0 Å². The molecule has 2 aromatic rings. The summed E-state index contributed by atoms with van der Waals surface area (Å²) in [5, 5.41) is 10.7. The van der Waals surface area contributed by atoms with Crippen LogP contribution >= 0.6 is 11.6 Å². The molecule has 2 amide bonds. The molecule has 7 heteroatoms. The van der Waals surface area contributed by atoms with Crippen LogP contribution in [0.3, 0.4) is 0 Å². The van der Waals surface area contributed by atoms with E-state index >= 15 is 0 Å². The van der Waals surface area contributed by atoms with Crippen molar-refractivity contribution < 1.29 is 4.79 Å². The highest BCUT2D eigenvalue weighted by Crippen LogP contribution is 2.16. The van der Waals surface area contributed by atoms with Crippen LogP contribution in [-0.2, 0) is 13.6 Å². The number of nitrogens with one attached hydrogen (secondary N) is 2. The largest absolute Gasteiger partial charge is 0.335 e. The van der Waals surface area contributed by atoms with Crippen molar-refractivity contribution >= 4 is 23.4 Å². The van der Waals surface area contributed by atoms with Crippen molar-refractivity contribution in [1.29, 1.82) is 0 Å². The average Bonchev–Trinajstić information content (AvgIpc) is 2.96. The second-order valence-corrected chi connectivity index (χ2v) is 6.59. The number of amides is 2. The van der Waals surface area contributed by atoms with E-state index in [1.54, 1.807) is 16.9 Å². The lowest BCUT2D eigenvalue weighted by atomic mass is 10.0. The van der Waals surface area contributed by atoms with E-state index in [2.05, 4.69) is 32.8 Å². The fourth-order valence-electron chi connectivity index (χ4n) is 2.90. The van der Waals surface area contributed by atoms with Gasteiger partial charge in [0.15, 0.2) is 5.82 Å². The molecule has 0 saturated carbocycles. The number of aryl methyl sites for hydroxylation is 1. The Morgan fingerprint density at radius 3 is 2.58 bits per heavy atom. The van der Waals surface area contributed by atoms with E-state index in [1.807, 2.05) is 19.2 Å². The number of carbonyl (C=O) groups is 1. The van der Waals surface area contributed by atoms with Crippen molar-refractivity contribution in [2.24, 2.45) is 7.05 Å². The van der Waals surface area contributed by atoms with Crippen LogP contribution in [0, 0.1) is 0 Å². The summed E-state index contributed by atoms with van der Waals surface area (Å²) in [7, 11) is 1.82. The minimum atomic E-state index is -0.190. The second kappa shape index (κ2) is 7.68. The Labute approximate surface area is 146 Å². The highest BCUT2D eigenvalue weighted by Gasteiger charge is 2.20. The molecule has 6 nitrogen and oxygen atoms in total. The summed E-state index contributed by atoms with van der Waals surface area (Å²) in [6, 6.07) is 9.76. The van der Waals surface area contributed by atoms with Crippen molar-refractivity contribution in [3.63, 3.8) is 0 Å². The second-order valence-electron chi connectivity index (χ2n) is 6.15. The van der Waals surface area contributed by atoms with Crippen LogP contribution < -0.4 is 10.6 Å². The molecule has 1 aromatic carbocycles. The van der Waals surface area contributed by atoms with Gasteiger partial charge in [-0.25, -0.2) is 4.79 Å². The lowest BCUT2D eigenvalue weighted by molar-refractivity contribution is 0.190. The standard InChI is InChI=1S/C17H22ClN5O/c1-22-9-8-16(21-22)20-17(24)19-15-6-10-23(11-7-15)12-13-2-4-14(18)5-3-13/h2-5,8-9,15H,6-7,10-12H2,1H3,(H2,19,20,21,24). The highest BCUT2D eigenvalue weighted by molar-refractivity contribution is 6.30. The number of hydrogen-bond donors (Lipinski definition) is 2. The van der Waals surface area contributed by atoms with E-state index in [0.717, 1.165) is 37.5 Å². The number of rotatable bonds is 4. The van der Waals surface area contributed by atoms with Crippen molar-refractivity contribution in [1.82, 2.24) is 20.0 Å². The maximum absolute atomic E-state index is 12.0. The summed E-state index contributed by atoms with van der Waals surface area (Å²) < 4.78 is 1.66. The lowest BCUT2D eigenvalue weighted by Gasteiger charge is -2.32. The maximum atomic E-state index is 12.0. The van der Waals surface area contributed by atoms with Gasteiger partial charge in [-0.15, -0.1) is 0 Å². The van der Waals surface area contributed by atoms with Gasteiger partial charge in [-0.05, 0) is 30.5 Å². The van der Waals surface area contributed by atoms with Crippen LogP contribution in [0.1, 0.15) is 18.4 Å². The zero-order valence-electron chi connectivity index (χ0n) is 13.7. The first-order valence-corrected chi connectivity index (χ1v) is 8.50. The average molecular weight is 348 g/mol. The number of benzene rings is 1. The van der Waals surface area contributed by atoms with Crippen LogP contribution in [0.15, 0.2) is 36.5 Å². The van der Waals surface area contributed by atoms with Crippen LogP contribution in [0.4, 0.5) is 10.6 Å². The Hall–Kier alpha value is -2.05. The molecule has 128 valence electrons. The van der Waals surface area contributed by atoms with Gasteiger partial charge in [0.25, 0.3) is 0 Å². The van der Waals surface area contributed by atoms with Gasteiger partial charge in [-0.1, -0.05) is 23.7 Å². The summed E-state index contributed by atoms with van der Waals surface area (Å²) in [5.41, 5.74) is 1.26. The molecule has 0 atom stereocenters. The summed E-state index contributed by atoms with van der Waals surface area (Å²) in [4.78, 5) is 14.4. The van der Waals surface area contributed by atoms with Crippen molar-refractivity contribution in [2.75, 3.05) is 18.4 Å². The highest BCUT2D eigenvalue weighted by atomic mass is 35.5. The third-order valence-electron chi connectivity index (χ3n) is 4.20. The first-order valence-electron chi connectivity index (χ1n) is 8.12. The molecule has 1 aromatic heterocycles. The van der Waals surface area contributed by atoms with Gasteiger partial charge in [-0.2, -0.15) is 5.10 Å². The third-order valence-corrected chi connectivity index (χ3v) is 4.45. The topological polar surface area (TPSA) is 62.2 Å². The van der Waals surface area contributed by atoms with Gasteiger partial charge in [0.05, 0.1) is 0 Å². The van der Waals surface area contributed by atoms with Gasteiger partial charge >= 0.3 is 6.03 Å². The molecule has 2 heterocycles. The first-order chi connectivity index (χ1) is 11.6. The number of anilines is 1. The minimum absolute atomic E-state index is 0.190. The minimum Gasteiger partial charge on any atom is -0.335 e. The van der Waals surface area contributed by atoms with E-state index in [-0.39, 0.29) is 12.1 Å². The van der Waals surface area contributed by atoms with E-state index in [0.29, 0.717) is 5.82 Å². The Kier molecular flexibility index (Phi) is 5.37. The molecule has 3 rings (SSSR count). The number of likely N-dealkylation sites (tertiary alicyclic amines) is 1. The molecule has 1 aliphatic heterocycles. The SMILES string of the molecule is Cn1ccc(NC(=O)NC2CCN(Cc3ccc(Cl)cc3)CC2)n1. The van der Waals surface area contributed by atoms with Gasteiger partial charge in [-0.3, -0.25) is 14.9 Å². The number of hydrogen-bond acceptors (Lipinski definition) is 3. The molecule has 1 fully saturated rings. The van der Waals surface area contributed by atoms with Crippen LogP contribution in [0.2, 0.25) is 5.02 Å². The number of piperidine rings is 1. The number of nitrogens with zero attached hydrogens (tertiary/aromatic N) is 3. The normalized spacial score (nSPS) is 16.1. The first kappa shape index (κ1) is 16.8. The number of halogens is 1. The number of carbonyl (C=O) groups excluding carboxylic acids is 1. The van der Waals surface area contributed by atoms with Gasteiger partial charge in [0.1, 0.15) is 0 Å². The molecular weight excluding hydrogens is 326 g/mol. The Morgan fingerprint density at radius 2 is 1.96 bits per heavy atom. The van der Waals surface area contributed by atoms with Crippen LogP contribution in [-0.4, -0.2) is 39.8 Å². The zero-order valence-corrected chi connectivity index (χ0v) is 14.5. The molecular formula is C17H22ClN5O. The lowest BCUT2D eigenvalue weighted by Crippen LogP contribution is -2.45. The Balaban J connectivity index is 1.41. The molecule has 0 spiro atoms. The van der Waals surface area contributed by atoms with Crippen molar-refractivity contribution in [3.05, 3.63) is 47.1 Å². The number of urea groups is 1. The van der Waals surface area contributed by atoms with E-state index in [4.69, 9.17) is 11.6 Å². The number of aromatic nitrogens is 2. The predicted molar refractivity (Wildman–Crippen MR) is 95.1 cm³/mol. The predicted octanol–water partition coefficient (Wildman–Crippen LogP) is 2.86. The fraction of sp³-hybridized carbons (Fsp3) is 0.412. The molecule has 1 aliphatic rings. The van der Waals surface area contributed by atoms with Gasteiger partial charge in [0, 0.05) is 50.0 Å². The van der Waals surface area contributed by atoms with Gasteiger partial charge < -0.3 is 5.32 Å².